The number of hydrogen-bond donors (Lipinski definition) is 1. The SMILES string of the molecule is Nc1ccnc(Oc2cccc(C(F)(F)F)c2)c1Br. The standard InChI is InChI=1S/C12H8BrF3N2O/c13-10-9(17)4-5-18-11(10)19-8-3-1-2-7(6-8)12(14,15)16/h1-6H,(H2,17,18). The number of nitrogens with zero attached hydrogens (tertiary/aromatic N) is 1. The van der Waals surface area contributed by atoms with Crippen LogP contribution >= 0.6 is 15.9 Å². The van der Waals surface area contributed by atoms with Gasteiger partial charge in [-0.15, -0.1) is 0 Å². The number of pyridine rings is 1. The Labute approximate surface area is 115 Å². The zero-order valence-corrected chi connectivity index (χ0v) is 11.0. The van der Waals surface area contributed by atoms with Gasteiger partial charge in [0.1, 0.15) is 10.2 Å². The molecule has 0 aliphatic rings. The molecule has 3 nitrogen and oxygen atoms in total. The van der Waals surface area contributed by atoms with E-state index in [0.29, 0.717) is 10.2 Å². The van der Waals surface area contributed by atoms with Crippen molar-refractivity contribution in [2.45, 2.75) is 6.18 Å². The highest BCUT2D eigenvalue weighted by atomic mass is 79.9. The molecule has 0 fully saturated rings. The second kappa shape index (κ2) is 5.08. The third kappa shape index (κ3) is 3.17. The first-order valence-corrected chi connectivity index (χ1v) is 5.92. The van der Waals surface area contributed by atoms with Crippen molar-refractivity contribution in [1.82, 2.24) is 4.98 Å². The zero-order chi connectivity index (χ0) is 14.0. The fraction of sp³-hybridized carbons (Fsp3) is 0.0833. The average Bonchev–Trinajstić information content (AvgIpc) is 2.34. The minimum atomic E-state index is -4.42. The lowest BCUT2D eigenvalue weighted by molar-refractivity contribution is -0.137. The average molecular weight is 333 g/mol. The summed E-state index contributed by atoms with van der Waals surface area (Å²) in [6, 6.07) is 6.08. The number of nitrogen functional groups attached to an aromatic ring is 1. The summed E-state index contributed by atoms with van der Waals surface area (Å²) in [6.45, 7) is 0. The fourth-order valence-electron chi connectivity index (χ4n) is 1.36. The van der Waals surface area contributed by atoms with Crippen LogP contribution in [0, 0.1) is 0 Å². The molecule has 1 aromatic heterocycles. The van der Waals surface area contributed by atoms with E-state index in [-0.39, 0.29) is 11.6 Å². The van der Waals surface area contributed by atoms with Crippen LogP contribution in [0.4, 0.5) is 18.9 Å². The van der Waals surface area contributed by atoms with Crippen molar-refractivity contribution < 1.29 is 17.9 Å². The Hall–Kier alpha value is -1.76. The number of anilines is 1. The van der Waals surface area contributed by atoms with Crippen molar-refractivity contribution in [3.8, 4) is 11.6 Å². The van der Waals surface area contributed by atoms with Gasteiger partial charge in [-0.1, -0.05) is 6.07 Å². The maximum atomic E-state index is 12.5. The van der Waals surface area contributed by atoms with Crippen LogP contribution in [0.5, 0.6) is 11.6 Å². The molecule has 0 spiro atoms. The second-order valence-electron chi connectivity index (χ2n) is 3.65. The molecular formula is C12H8BrF3N2O. The van der Waals surface area contributed by atoms with Crippen LogP contribution in [0.2, 0.25) is 0 Å². The third-order valence-corrected chi connectivity index (χ3v) is 3.06. The van der Waals surface area contributed by atoms with Gasteiger partial charge in [-0.3, -0.25) is 0 Å². The first-order valence-electron chi connectivity index (χ1n) is 5.13. The molecule has 100 valence electrons. The molecule has 1 heterocycles. The number of benzene rings is 1. The fourth-order valence-corrected chi connectivity index (χ4v) is 1.67. The molecule has 0 bridgehead atoms. The smallest absolute Gasteiger partial charge is 0.416 e. The highest BCUT2D eigenvalue weighted by Gasteiger charge is 2.30. The molecule has 2 aromatic rings. The molecule has 7 heteroatoms. The number of ether oxygens (including phenoxy) is 1. The number of halogens is 4. The van der Waals surface area contributed by atoms with Gasteiger partial charge in [0.05, 0.1) is 11.3 Å². The van der Waals surface area contributed by atoms with Crippen molar-refractivity contribution in [1.29, 1.82) is 0 Å². The van der Waals surface area contributed by atoms with Crippen LogP contribution < -0.4 is 10.5 Å². The van der Waals surface area contributed by atoms with Gasteiger partial charge in [0.2, 0.25) is 5.88 Å². The molecule has 0 radical (unpaired) electrons. The van der Waals surface area contributed by atoms with E-state index in [1.807, 2.05) is 0 Å². The van der Waals surface area contributed by atoms with Gasteiger partial charge < -0.3 is 10.5 Å². The molecule has 0 aliphatic heterocycles. The summed E-state index contributed by atoms with van der Waals surface area (Å²) in [6.07, 6.45) is -3.01. The van der Waals surface area contributed by atoms with Gasteiger partial charge >= 0.3 is 6.18 Å². The van der Waals surface area contributed by atoms with Crippen molar-refractivity contribution in [3.63, 3.8) is 0 Å². The summed E-state index contributed by atoms with van der Waals surface area (Å²) in [7, 11) is 0. The lowest BCUT2D eigenvalue weighted by atomic mass is 10.2. The van der Waals surface area contributed by atoms with E-state index >= 15 is 0 Å². The summed E-state index contributed by atoms with van der Waals surface area (Å²) in [5, 5.41) is 0. The zero-order valence-electron chi connectivity index (χ0n) is 9.41. The Morgan fingerprint density at radius 2 is 1.95 bits per heavy atom. The minimum absolute atomic E-state index is 0.0358. The van der Waals surface area contributed by atoms with E-state index in [1.54, 1.807) is 6.07 Å². The Balaban J connectivity index is 2.31. The van der Waals surface area contributed by atoms with E-state index in [2.05, 4.69) is 20.9 Å². The predicted molar refractivity (Wildman–Crippen MR) is 67.9 cm³/mol. The first-order chi connectivity index (χ1) is 8.88. The summed E-state index contributed by atoms with van der Waals surface area (Å²) in [5.74, 6) is 0.146. The quantitative estimate of drug-likeness (QED) is 0.894. The van der Waals surface area contributed by atoms with Crippen LogP contribution in [0.1, 0.15) is 5.56 Å². The van der Waals surface area contributed by atoms with E-state index in [1.165, 1.54) is 18.3 Å². The van der Waals surface area contributed by atoms with Gasteiger partial charge in [-0.05, 0) is 40.2 Å². The molecule has 0 unspecified atom stereocenters. The Bertz CT molecular complexity index is 602. The van der Waals surface area contributed by atoms with E-state index in [0.717, 1.165) is 12.1 Å². The normalized spacial score (nSPS) is 11.4. The maximum absolute atomic E-state index is 12.5. The minimum Gasteiger partial charge on any atom is -0.438 e. The Morgan fingerprint density at radius 3 is 2.63 bits per heavy atom. The lowest BCUT2D eigenvalue weighted by Crippen LogP contribution is -2.04. The van der Waals surface area contributed by atoms with Crippen LogP contribution in [0.3, 0.4) is 0 Å². The number of nitrogens with two attached hydrogens (primary N) is 1. The van der Waals surface area contributed by atoms with Gasteiger partial charge in [-0.2, -0.15) is 13.2 Å². The Kier molecular flexibility index (Phi) is 3.66. The van der Waals surface area contributed by atoms with Crippen molar-refractivity contribution in [2.75, 3.05) is 5.73 Å². The van der Waals surface area contributed by atoms with Crippen LogP contribution in [-0.4, -0.2) is 4.98 Å². The largest absolute Gasteiger partial charge is 0.438 e. The summed E-state index contributed by atoms with van der Waals surface area (Å²) in [5.41, 5.74) is 5.23. The summed E-state index contributed by atoms with van der Waals surface area (Å²) in [4.78, 5) is 3.90. The summed E-state index contributed by atoms with van der Waals surface area (Å²) < 4.78 is 43.3. The molecule has 0 atom stereocenters. The van der Waals surface area contributed by atoms with Crippen molar-refractivity contribution >= 4 is 21.6 Å². The van der Waals surface area contributed by atoms with Gasteiger partial charge in [-0.25, -0.2) is 4.98 Å². The highest BCUT2D eigenvalue weighted by Crippen LogP contribution is 2.35. The second-order valence-corrected chi connectivity index (χ2v) is 4.44. The molecule has 1 aromatic carbocycles. The molecule has 0 saturated carbocycles. The first kappa shape index (κ1) is 13.7. The highest BCUT2D eigenvalue weighted by molar-refractivity contribution is 9.10. The van der Waals surface area contributed by atoms with E-state index in [9.17, 15) is 13.2 Å². The topological polar surface area (TPSA) is 48.1 Å². The third-order valence-electron chi connectivity index (χ3n) is 2.26. The van der Waals surface area contributed by atoms with E-state index in [4.69, 9.17) is 10.5 Å². The van der Waals surface area contributed by atoms with Crippen LogP contribution in [0.25, 0.3) is 0 Å². The lowest BCUT2D eigenvalue weighted by Gasteiger charge is -2.10. The van der Waals surface area contributed by atoms with E-state index < -0.39 is 11.7 Å². The number of hydrogen-bond acceptors (Lipinski definition) is 3. The van der Waals surface area contributed by atoms with Gasteiger partial charge in [0.25, 0.3) is 0 Å². The van der Waals surface area contributed by atoms with Crippen LogP contribution in [0.15, 0.2) is 41.0 Å². The van der Waals surface area contributed by atoms with Gasteiger partial charge in [0, 0.05) is 6.20 Å². The number of rotatable bonds is 2. The molecule has 2 rings (SSSR count). The molecular weight excluding hydrogens is 325 g/mol. The predicted octanol–water partition coefficient (Wildman–Crippen LogP) is 4.24. The molecule has 2 N–H and O–H groups in total. The number of alkyl halides is 3. The maximum Gasteiger partial charge on any atom is 0.416 e. The number of aromatic nitrogens is 1. The van der Waals surface area contributed by atoms with Crippen molar-refractivity contribution in [2.24, 2.45) is 0 Å². The monoisotopic (exact) mass is 332 g/mol. The summed E-state index contributed by atoms with van der Waals surface area (Å²) >= 11 is 3.16. The van der Waals surface area contributed by atoms with Crippen LogP contribution in [-0.2, 0) is 6.18 Å². The molecule has 19 heavy (non-hydrogen) atoms. The molecule has 0 amide bonds. The van der Waals surface area contributed by atoms with Gasteiger partial charge in [0.15, 0.2) is 0 Å². The van der Waals surface area contributed by atoms with Crippen molar-refractivity contribution in [3.05, 3.63) is 46.6 Å². The molecule has 0 saturated heterocycles. The Morgan fingerprint density at radius 1 is 1.21 bits per heavy atom. The molecule has 0 aliphatic carbocycles.